The van der Waals surface area contributed by atoms with Gasteiger partial charge < -0.3 is 9.05 Å². The Morgan fingerprint density at radius 2 is 1.68 bits per heavy atom. The summed E-state index contributed by atoms with van der Waals surface area (Å²) in [6.07, 6.45) is 1.75. The van der Waals surface area contributed by atoms with E-state index < -0.39 is 7.07 Å². The second kappa shape index (κ2) is 8.28. The maximum atomic E-state index is 5.76. The quantitative estimate of drug-likeness (QED) is 0.447. The zero-order valence-electron chi connectivity index (χ0n) is 12.4. The van der Waals surface area contributed by atoms with Crippen molar-refractivity contribution in [2.75, 3.05) is 7.05 Å². The third kappa shape index (κ3) is 5.10. The van der Waals surface area contributed by atoms with Crippen LogP contribution in [0.2, 0.25) is 0 Å². The number of hydrogen-bond acceptors (Lipinski definition) is 4. The molecule has 0 amide bonds. The molecule has 0 saturated heterocycles. The van der Waals surface area contributed by atoms with E-state index in [9.17, 15) is 0 Å². The Morgan fingerprint density at radius 1 is 1.09 bits per heavy atom. The lowest BCUT2D eigenvalue weighted by Crippen LogP contribution is -2.03. The lowest BCUT2D eigenvalue weighted by Gasteiger charge is -2.16. The molecule has 0 aromatic heterocycles. The minimum absolute atomic E-state index is 0.776. The van der Waals surface area contributed by atoms with Crippen LogP contribution in [-0.2, 0) is 11.8 Å². The van der Waals surface area contributed by atoms with Crippen LogP contribution in [0.1, 0.15) is 11.1 Å². The Hall–Kier alpha value is -1.41. The Kier molecular flexibility index (Phi) is 6.38. The average Bonchev–Trinajstić information content (AvgIpc) is 2.55. The maximum absolute atomic E-state index is 5.76. The zero-order valence-corrected chi connectivity index (χ0v) is 15.4. The normalized spacial score (nSPS) is 12.1. The summed E-state index contributed by atoms with van der Waals surface area (Å²) in [4.78, 5) is 0. The summed E-state index contributed by atoms with van der Waals surface area (Å²) >= 11 is 5.40. The van der Waals surface area contributed by atoms with E-state index in [2.05, 4.69) is 14.6 Å². The van der Waals surface area contributed by atoms with Gasteiger partial charge in [0.15, 0.2) is 0 Å². The van der Waals surface area contributed by atoms with Gasteiger partial charge in [-0.3, -0.25) is 0 Å². The molecular formula is C15H18N2O2P2S. The smallest absolute Gasteiger partial charge is 0.207 e. The molecule has 0 radical (unpaired) electrons. The van der Waals surface area contributed by atoms with Crippen molar-refractivity contribution in [1.82, 2.24) is 4.78 Å². The first kappa shape index (κ1) is 17.0. The molecule has 0 N–H and O–H groups in total. The number of rotatable bonds is 6. The highest BCUT2D eigenvalue weighted by atomic mass is 32.4. The molecule has 0 heterocycles. The van der Waals surface area contributed by atoms with E-state index in [4.69, 9.17) is 20.9 Å². The molecule has 7 heteroatoms. The molecule has 116 valence electrons. The molecule has 0 aliphatic heterocycles. The van der Waals surface area contributed by atoms with E-state index in [1.54, 1.807) is 11.0 Å². The van der Waals surface area contributed by atoms with Gasteiger partial charge in [0.2, 0.25) is 7.07 Å². The van der Waals surface area contributed by atoms with Gasteiger partial charge in [-0.1, -0.05) is 17.7 Å². The molecular weight excluding hydrogens is 334 g/mol. The van der Waals surface area contributed by atoms with Crippen LogP contribution in [0.15, 0.2) is 53.6 Å². The minimum atomic E-state index is -1.62. The first-order valence-corrected chi connectivity index (χ1v) is 9.57. The summed E-state index contributed by atoms with van der Waals surface area (Å²) in [6, 6.07) is 15.4. The van der Waals surface area contributed by atoms with Crippen molar-refractivity contribution in [1.29, 1.82) is 0 Å². The van der Waals surface area contributed by atoms with Crippen molar-refractivity contribution in [2.24, 2.45) is 5.10 Å². The zero-order chi connectivity index (χ0) is 15.9. The highest BCUT2D eigenvalue weighted by Crippen LogP contribution is 2.30. The largest absolute Gasteiger partial charge is 0.480 e. The average molecular weight is 352 g/mol. The molecule has 2 atom stereocenters. The Bertz CT molecular complexity index is 660. The fourth-order valence-corrected chi connectivity index (χ4v) is 2.82. The highest BCUT2D eigenvalue weighted by molar-refractivity contribution is 8.02. The molecule has 0 saturated carbocycles. The van der Waals surface area contributed by atoms with Crippen molar-refractivity contribution in [2.45, 2.75) is 6.92 Å². The van der Waals surface area contributed by atoms with Gasteiger partial charge in [-0.2, -0.15) is 5.10 Å². The van der Waals surface area contributed by atoms with Crippen LogP contribution < -0.4 is 9.05 Å². The van der Waals surface area contributed by atoms with Crippen LogP contribution in [0.4, 0.5) is 0 Å². The van der Waals surface area contributed by atoms with Crippen LogP contribution >= 0.6 is 16.5 Å². The predicted molar refractivity (Wildman–Crippen MR) is 99.6 cm³/mol. The van der Waals surface area contributed by atoms with Gasteiger partial charge in [0.05, 0.1) is 15.7 Å². The Labute approximate surface area is 139 Å². The fraction of sp³-hybridized carbons (Fsp3) is 0.133. The summed E-state index contributed by atoms with van der Waals surface area (Å²) in [7, 11) is 2.42. The third-order valence-corrected chi connectivity index (χ3v) is 5.26. The molecule has 4 nitrogen and oxygen atoms in total. The van der Waals surface area contributed by atoms with Crippen molar-refractivity contribution >= 4 is 34.6 Å². The van der Waals surface area contributed by atoms with Crippen molar-refractivity contribution in [3.63, 3.8) is 0 Å². The minimum Gasteiger partial charge on any atom is -0.480 e. The Balaban J connectivity index is 1.95. The monoisotopic (exact) mass is 352 g/mol. The molecule has 2 aromatic rings. The van der Waals surface area contributed by atoms with Gasteiger partial charge in [0.25, 0.3) is 0 Å². The van der Waals surface area contributed by atoms with E-state index in [1.165, 1.54) is 5.56 Å². The van der Waals surface area contributed by atoms with Gasteiger partial charge in [-0.15, -0.1) is 0 Å². The van der Waals surface area contributed by atoms with E-state index >= 15 is 0 Å². The highest BCUT2D eigenvalue weighted by Gasteiger charge is 2.02. The van der Waals surface area contributed by atoms with Crippen LogP contribution in [0.25, 0.3) is 0 Å². The first-order valence-electron chi connectivity index (χ1n) is 6.61. The van der Waals surface area contributed by atoms with E-state index in [1.807, 2.05) is 62.5 Å². The summed E-state index contributed by atoms with van der Waals surface area (Å²) in [6.45, 7) is 2.04. The van der Waals surface area contributed by atoms with Crippen LogP contribution in [0.5, 0.6) is 11.5 Å². The number of aryl methyl sites for hydroxylation is 1. The molecule has 22 heavy (non-hydrogen) atoms. The van der Waals surface area contributed by atoms with Gasteiger partial charge in [-0.05, 0) is 60.7 Å². The van der Waals surface area contributed by atoms with Gasteiger partial charge in [0, 0.05) is 7.05 Å². The Morgan fingerprint density at radius 3 is 2.27 bits per heavy atom. The third-order valence-electron chi connectivity index (χ3n) is 2.89. The van der Waals surface area contributed by atoms with Crippen LogP contribution in [0.3, 0.4) is 0 Å². The van der Waals surface area contributed by atoms with Crippen LogP contribution in [-0.4, -0.2) is 18.0 Å². The van der Waals surface area contributed by atoms with Crippen molar-refractivity contribution in [3.8, 4) is 11.5 Å². The maximum Gasteiger partial charge on any atom is 0.207 e. The molecule has 0 spiro atoms. The lowest BCUT2D eigenvalue weighted by molar-refractivity contribution is 0.515. The van der Waals surface area contributed by atoms with Crippen molar-refractivity contribution < 1.29 is 9.05 Å². The van der Waals surface area contributed by atoms with Gasteiger partial charge >= 0.3 is 0 Å². The molecule has 2 rings (SSSR count). The SMILES string of the molecule is Cc1ccc(O[PH](=S)N(C)/N=C/c2ccc(OP)cc2)cc1. The molecule has 0 fully saturated rings. The molecule has 2 aromatic carbocycles. The van der Waals surface area contributed by atoms with E-state index in [0.717, 1.165) is 17.1 Å². The summed E-state index contributed by atoms with van der Waals surface area (Å²) in [5, 5.41) is 4.34. The number of nitrogens with zero attached hydrogens (tertiary/aromatic N) is 2. The molecule has 0 aliphatic carbocycles. The second-order valence-corrected chi connectivity index (χ2v) is 7.30. The van der Waals surface area contributed by atoms with E-state index in [-0.39, 0.29) is 0 Å². The molecule has 0 bridgehead atoms. The summed E-state index contributed by atoms with van der Waals surface area (Å²) < 4.78 is 12.5. The predicted octanol–water partition coefficient (Wildman–Crippen LogP) is 4.01. The number of benzene rings is 2. The van der Waals surface area contributed by atoms with Gasteiger partial charge in [0.1, 0.15) is 11.5 Å². The van der Waals surface area contributed by atoms with Crippen molar-refractivity contribution in [3.05, 3.63) is 59.7 Å². The summed E-state index contributed by atoms with van der Waals surface area (Å²) in [5.74, 6) is 1.56. The molecule has 2 unspecified atom stereocenters. The first-order chi connectivity index (χ1) is 10.6. The molecule has 0 aliphatic rings. The fourth-order valence-electron chi connectivity index (χ4n) is 1.61. The standard InChI is InChI=1S/C15H18N2O2P2S/c1-12-3-7-15(8-4-12)19-21(22)17(2)16-11-13-5-9-14(18-20)10-6-13/h3-11,21H,20H2,1-2H3/b16-11+. The second-order valence-electron chi connectivity index (χ2n) is 4.64. The number of hydrazone groups is 1. The topological polar surface area (TPSA) is 34.1 Å². The lowest BCUT2D eigenvalue weighted by atomic mass is 10.2. The summed E-state index contributed by atoms with van der Waals surface area (Å²) in [5.41, 5.74) is 2.16. The van der Waals surface area contributed by atoms with Gasteiger partial charge in [-0.25, -0.2) is 4.78 Å². The van der Waals surface area contributed by atoms with Crippen LogP contribution in [0, 0.1) is 6.92 Å². The number of hydrogen-bond donors (Lipinski definition) is 0. The van der Waals surface area contributed by atoms with E-state index in [0.29, 0.717) is 0 Å².